The van der Waals surface area contributed by atoms with Gasteiger partial charge in [-0.2, -0.15) is 0 Å². The molecule has 0 amide bonds. The maximum atomic E-state index is 9.16. The van der Waals surface area contributed by atoms with Crippen LogP contribution in [0.2, 0.25) is 0 Å². The Hall–Kier alpha value is -0.720. The van der Waals surface area contributed by atoms with Crippen molar-refractivity contribution in [2.75, 3.05) is 0 Å². The summed E-state index contributed by atoms with van der Waals surface area (Å²) in [6.07, 6.45) is 5.76. The van der Waals surface area contributed by atoms with Gasteiger partial charge in [-0.15, -0.1) is 0 Å². The van der Waals surface area contributed by atoms with Gasteiger partial charge in [0, 0.05) is 5.92 Å². The summed E-state index contributed by atoms with van der Waals surface area (Å²) >= 11 is 0. The van der Waals surface area contributed by atoms with E-state index >= 15 is 0 Å². The molecule has 0 saturated carbocycles. The van der Waals surface area contributed by atoms with E-state index < -0.39 is 0 Å². The molecule has 1 nitrogen and oxygen atoms in total. The smallest absolute Gasteiger partial charge is 0.0956 e. The van der Waals surface area contributed by atoms with E-state index in [2.05, 4.69) is 13.0 Å². The Morgan fingerprint density at radius 3 is 2.56 bits per heavy atom. The van der Waals surface area contributed by atoms with Crippen LogP contribution in [0.1, 0.15) is 13.8 Å². The summed E-state index contributed by atoms with van der Waals surface area (Å²) in [6, 6.07) is 0. The molecule has 9 heavy (non-hydrogen) atoms. The van der Waals surface area contributed by atoms with Gasteiger partial charge >= 0.3 is 0 Å². The Labute approximate surface area is 55.7 Å². The van der Waals surface area contributed by atoms with Crippen molar-refractivity contribution in [3.8, 4) is 0 Å². The molecule has 0 aromatic carbocycles. The highest BCUT2D eigenvalue weighted by Crippen LogP contribution is 2.22. The number of allylic oxidation sites excluding steroid dienone is 4. The first-order valence-corrected chi connectivity index (χ1v) is 3.29. The maximum absolute atomic E-state index is 9.16. The molecule has 0 aromatic rings. The molecule has 50 valence electrons. The Bertz CT molecular complexity index is 156. The second kappa shape index (κ2) is 2.26. The molecule has 0 aromatic heterocycles. The molecule has 0 heterocycles. The monoisotopic (exact) mass is 124 g/mol. The van der Waals surface area contributed by atoms with Gasteiger partial charge in [0.15, 0.2) is 0 Å². The number of rotatable bonds is 0. The van der Waals surface area contributed by atoms with Crippen LogP contribution in [0.5, 0.6) is 0 Å². The van der Waals surface area contributed by atoms with Gasteiger partial charge in [-0.3, -0.25) is 0 Å². The lowest BCUT2D eigenvalue weighted by Gasteiger charge is -2.18. The number of hydrogen-bond acceptors (Lipinski definition) is 1. The summed E-state index contributed by atoms with van der Waals surface area (Å²) in [5, 5.41) is 9.16. The Morgan fingerprint density at radius 2 is 2.11 bits per heavy atom. The van der Waals surface area contributed by atoms with Crippen molar-refractivity contribution in [3.05, 3.63) is 24.0 Å². The van der Waals surface area contributed by atoms with Crippen molar-refractivity contribution in [1.82, 2.24) is 0 Å². The van der Waals surface area contributed by atoms with Crippen LogP contribution >= 0.6 is 0 Å². The topological polar surface area (TPSA) is 20.2 Å². The van der Waals surface area contributed by atoms with Crippen LogP contribution in [0.25, 0.3) is 0 Å². The highest BCUT2D eigenvalue weighted by molar-refractivity contribution is 5.16. The van der Waals surface area contributed by atoms with Crippen LogP contribution in [-0.4, -0.2) is 5.11 Å². The van der Waals surface area contributed by atoms with Gasteiger partial charge in [0.1, 0.15) is 0 Å². The molecule has 0 spiro atoms. The summed E-state index contributed by atoms with van der Waals surface area (Å²) in [5.41, 5.74) is 0. The summed E-state index contributed by atoms with van der Waals surface area (Å²) in [7, 11) is 0. The minimum absolute atomic E-state index is 0.301. The predicted molar refractivity (Wildman–Crippen MR) is 38.2 cm³/mol. The molecule has 0 aliphatic heterocycles. The van der Waals surface area contributed by atoms with E-state index in [1.807, 2.05) is 13.0 Å². The van der Waals surface area contributed by atoms with Gasteiger partial charge in [0.25, 0.3) is 0 Å². The molecule has 1 heteroatoms. The summed E-state index contributed by atoms with van der Waals surface area (Å²) < 4.78 is 0. The molecule has 2 atom stereocenters. The van der Waals surface area contributed by atoms with Crippen LogP contribution in [0.15, 0.2) is 24.0 Å². The molecule has 1 N–H and O–H groups in total. The fraction of sp³-hybridized carbons (Fsp3) is 0.500. The summed E-state index contributed by atoms with van der Waals surface area (Å²) in [4.78, 5) is 0. The van der Waals surface area contributed by atoms with Crippen molar-refractivity contribution in [2.24, 2.45) is 11.8 Å². The average Bonchev–Trinajstić information content (AvgIpc) is 1.83. The largest absolute Gasteiger partial charge is 0.512 e. The van der Waals surface area contributed by atoms with Gasteiger partial charge in [0.2, 0.25) is 0 Å². The van der Waals surface area contributed by atoms with Gasteiger partial charge in [0.05, 0.1) is 5.76 Å². The van der Waals surface area contributed by atoms with E-state index in [-0.39, 0.29) is 0 Å². The first-order valence-electron chi connectivity index (χ1n) is 3.29. The molecular weight excluding hydrogens is 112 g/mol. The normalized spacial score (nSPS) is 34.2. The minimum Gasteiger partial charge on any atom is -0.512 e. The number of aliphatic hydroxyl groups is 1. The van der Waals surface area contributed by atoms with E-state index in [9.17, 15) is 0 Å². The Kier molecular flexibility index (Phi) is 1.60. The Balaban J connectivity index is 2.73. The molecular formula is C8H12O. The lowest BCUT2D eigenvalue weighted by molar-refractivity contribution is 0.306. The predicted octanol–water partition coefficient (Wildman–Crippen LogP) is 2.27. The SMILES string of the molecule is CC1C=CC=C(O)[C@@H]1C. The van der Waals surface area contributed by atoms with Crippen LogP contribution < -0.4 is 0 Å². The van der Waals surface area contributed by atoms with E-state index in [0.29, 0.717) is 17.6 Å². The van der Waals surface area contributed by atoms with Gasteiger partial charge in [-0.25, -0.2) is 0 Å². The lowest BCUT2D eigenvalue weighted by atomic mass is 9.90. The van der Waals surface area contributed by atoms with Gasteiger partial charge in [-0.05, 0) is 12.0 Å². The zero-order valence-corrected chi connectivity index (χ0v) is 5.83. The van der Waals surface area contributed by atoms with Crippen LogP contribution in [0.4, 0.5) is 0 Å². The van der Waals surface area contributed by atoms with Crippen molar-refractivity contribution < 1.29 is 5.11 Å². The van der Waals surface area contributed by atoms with Crippen molar-refractivity contribution in [3.63, 3.8) is 0 Å². The van der Waals surface area contributed by atoms with Crippen LogP contribution in [0, 0.1) is 11.8 Å². The van der Waals surface area contributed by atoms with E-state index in [0.717, 1.165) is 0 Å². The highest BCUT2D eigenvalue weighted by Gasteiger charge is 2.14. The summed E-state index contributed by atoms with van der Waals surface area (Å²) in [6.45, 7) is 4.13. The van der Waals surface area contributed by atoms with Crippen molar-refractivity contribution in [1.29, 1.82) is 0 Å². The van der Waals surface area contributed by atoms with Gasteiger partial charge < -0.3 is 5.11 Å². The Morgan fingerprint density at radius 1 is 1.44 bits per heavy atom. The lowest BCUT2D eigenvalue weighted by Crippen LogP contribution is -2.10. The molecule has 0 saturated heterocycles. The average molecular weight is 124 g/mol. The second-order valence-corrected chi connectivity index (χ2v) is 2.62. The third kappa shape index (κ3) is 1.15. The molecule has 1 aliphatic rings. The molecule has 1 rings (SSSR count). The van der Waals surface area contributed by atoms with E-state index in [4.69, 9.17) is 5.11 Å². The molecule has 0 fully saturated rings. The third-order valence-electron chi connectivity index (χ3n) is 1.94. The zero-order chi connectivity index (χ0) is 6.85. The van der Waals surface area contributed by atoms with Crippen molar-refractivity contribution >= 4 is 0 Å². The first-order chi connectivity index (χ1) is 4.22. The standard InChI is InChI=1S/C8H12O/c1-6-4-3-5-8(9)7(6)2/h3-7,9H,1-2H3/t6?,7-/m1/s1. The second-order valence-electron chi connectivity index (χ2n) is 2.62. The maximum Gasteiger partial charge on any atom is 0.0956 e. The zero-order valence-electron chi connectivity index (χ0n) is 5.83. The molecule has 0 bridgehead atoms. The fourth-order valence-corrected chi connectivity index (χ4v) is 0.917. The van der Waals surface area contributed by atoms with Crippen LogP contribution in [-0.2, 0) is 0 Å². The van der Waals surface area contributed by atoms with E-state index in [1.165, 1.54) is 0 Å². The van der Waals surface area contributed by atoms with Gasteiger partial charge in [-0.1, -0.05) is 26.0 Å². The minimum atomic E-state index is 0.301. The molecule has 0 radical (unpaired) electrons. The van der Waals surface area contributed by atoms with E-state index in [1.54, 1.807) is 6.08 Å². The summed E-state index contributed by atoms with van der Waals surface area (Å²) in [5.74, 6) is 1.29. The third-order valence-corrected chi connectivity index (χ3v) is 1.94. The quantitative estimate of drug-likeness (QED) is 0.525. The number of hydrogen-bond donors (Lipinski definition) is 1. The molecule has 1 aliphatic carbocycles. The van der Waals surface area contributed by atoms with Crippen molar-refractivity contribution in [2.45, 2.75) is 13.8 Å². The van der Waals surface area contributed by atoms with Crippen LogP contribution in [0.3, 0.4) is 0 Å². The first kappa shape index (κ1) is 6.40. The number of aliphatic hydroxyl groups excluding tert-OH is 1. The fourth-order valence-electron chi connectivity index (χ4n) is 0.917. The highest BCUT2D eigenvalue weighted by atomic mass is 16.3. The molecule has 1 unspecified atom stereocenters.